The Labute approximate surface area is 181 Å². The van der Waals surface area contributed by atoms with Crippen molar-refractivity contribution >= 4 is 33.8 Å². The number of hydrogen-bond acceptors (Lipinski definition) is 7. The highest BCUT2D eigenvalue weighted by Crippen LogP contribution is 2.34. The third kappa shape index (κ3) is 4.37. The van der Waals surface area contributed by atoms with E-state index in [1.807, 2.05) is 0 Å². The molecule has 0 unspecified atom stereocenters. The number of anilines is 3. The minimum atomic E-state index is -0.773. The highest BCUT2D eigenvalue weighted by Gasteiger charge is 2.24. The summed E-state index contributed by atoms with van der Waals surface area (Å²) in [5, 5.41) is 10.4. The molecule has 0 aliphatic heterocycles. The molecule has 1 aliphatic rings. The number of halogens is 2. The number of benzene rings is 1. The Morgan fingerprint density at radius 2 is 2.03 bits per heavy atom. The fourth-order valence-electron chi connectivity index (χ4n) is 3.74. The van der Waals surface area contributed by atoms with Gasteiger partial charge in [-0.3, -0.25) is 9.48 Å². The van der Waals surface area contributed by atoms with Crippen molar-refractivity contribution in [2.45, 2.75) is 37.8 Å². The fraction of sp³-hybridized carbons (Fsp3) is 0.350. The maximum absolute atomic E-state index is 14.1. The van der Waals surface area contributed by atoms with Crippen molar-refractivity contribution < 1.29 is 13.6 Å². The lowest BCUT2D eigenvalue weighted by molar-refractivity contribution is 0.102. The van der Waals surface area contributed by atoms with E-state index < -0.39 is 17.5 Å². The zero-order valence-corrected chi connectivity index (χ0v) is 17.7. The summed E-state index contributed by atoms with van der Waals surface area (Å²) in [6, 6.07) is 3.83. The van der Waals surface area contributed by atoms with Gasteiger partial charge in [0.05, 0.1) is 11.8 Å². The van der Waals surface area contributed by atoms with Crippen molar-refractivity contribution in [3.8, 4) is 10.6 Å². The van der Waals surface area contributed by atoms with E-state index in [0.717, 1.165) is 49.2 Å². The van der Waals surface area contributed by atoms with E-state index in [4.69, 9.17) is 11.5 Å². The lowest BCUT2D eigenvalue weighted by Gasteiger charge is -2.28. The summed E-state index contributed by atoms with van der Waals surface area (Å²) in [5.41, 5.74) is 12.1. The Kier molecular flexibility index (Phi) is 5.88. The topological polar surface area (TPSA) is 124 Å². The van der Waals surface area contributed by atoms with Crippen molar-refractivity contribution in [2.24, 2.45) is 12.8 Å². The van der Waals surface area contributed by atoms with Crippen molar-refractivity contribution in [3.05, 3.63) is 41.7 Å². The molecular formula is C20H23F2N7OS. The van der Waals surface area contributed by atoms with Crippen LogP contribution in [0.3, 0.4) is 0 Å². The van der Waals surface area contributed by atoms with Crippen LogP contribution in [0, 0.1) is 11.6 Å². The summed E-state index contributed by atoms with van der Waals surface area (Å²) in [5.74, 6) is -1.50. The fourth-order valence-corrected chi connectivity index (χ4v) is 4.61. The summed E-state index contributed by atoms with van der Waals surface area (Å²) in [6.07, 6.45) is 5.35. The molecule has 3 aromatic rings. The van der Waals surface area contributed by atoms with Gasteiger partial charge in [-0.25, -0.2) is 13.8 Å². The van der Waals surface area contributed by atoms with E-state index >= 15 is 0 Å². The smallest absolute Gasteiger partial charge is 0.277 e. The molecule has 6 N–H and O–H groups in total. The van der Waals surface area contributed by atoms with E-state index in [2.05, 4.69) is 20.7 Å². The maximum Gasteiger partial charge on any atom is 0.277 e. The molecule has 31 heavy (non-hydrogen) atoms. The second kappa shape index (κ2) is 8.60. The average Bonchev–Trinajstić information content (AvgIpc) is 3.25. The maximum atomic E-state index is 14.1. The summed E-state index contributed by atoms with van der Waals surface area (Å²) < 4.78 is 29.8. The van der Waals surface area contributed by atoms with Gasteiger partial charge in [-0.2, -0.15) is 5.10 Å². The van der Waals surface area contributed by atoms with E-state index in [-0.39, 0.29) is 33.3 Å². The molecule has 1 saturated carbocycles. The first-order valence-electron chi connectivity index (χ1n) is 9.89. The zero-order valence-electron chi connectivity index (χ0n) is 16.9. The van der Waals surface area contributed by atoms with Gasteiger partial charge in [0.15, 0.2) is 5.69 Å². The number of amides is 1. The van der Waals surface area contributed by atoms with Crippen molar-refractivity contribution in [2.75, 3.05) is 16.4 Å². The van der Waals surface area contributed by atoms with Gasteiger partial charge in [0, 0.05) is 19.1 Å². The largest absolute Gasteiger partial charge is 0.389 e. The van der Waals surface area contributed by atoms with Gasteiger partial charge in [0.2, 0.25) is 0 Å². The first-order chi connectivity index (χ1) is 14.8. The minimum Gasteiger partial charge on any atom is -0.389 e. The van der Waals surface area contributed by atoms with Crippen LogP contribution in [0.25, 0.3) is 10.6 Å². The number of aryl methyl sites for hydroxylation is 1. The zero-order chi connectivity index (χ0) is 22.1. The molecule has 2 atom stereocenters. The second-order valence-corrected chi connectivity index (χ2v) is 8.61. The molecule has 0 radical (unpaired) electrons. The first-order valence-corrected chi connectivity index (χ1v) is 10.7. The summed E-state index contributed by atoms with van der Waals surface area (Å²) >= 11 is 0.848. The molecule has 1 amide bonds. The van der Waals surface area contributed by atoms with Gasteiger partial charge in [0.25, 0.3) is 5.91 Å². The SMILES string of the molecule is Cn1ncc(NC(=O)c2nc(-c3c(F)cccc3F)sc2N)c1N[C@H]1CCC[C@@H](N)C1. The highest BCUT2D eigenvalue weighted by molar-refractivity contribution is 7.19. The molecule has 8 nitrogen and oxygen atoms in total. The third-order valence-electron chi connectivity index (χ3n) is 5.29. The van der Waals surface area contributed by atoms with Crippen LogP contribution in [-0.4, -0.2) is 32.8 Å². The normalized spacial score (nSPS) is 18.7. The number of rotatable bonds is 5. The Bertz CT molecular complexity index is 1090. The molecule has 11 heteroatoms. The third-order valence-corrected chi connectivity index (χ3v) is 6.19. The number of carbonyl (C=O) groups is 1. The molecule has 0 bridgehead atoms. The average molecular weight is 448 g/mol. The van der Waals surface area contributed by atoms with E-state index in [1.165, 1.54) is 12.3 Å². The van der Waals surface area contributed by atoms with Crippen LogP contribution in [0.15, 0.2) is 24.4 Å². The molecule has 2 heterocycles. The number of thiazole rings is 1. The van der Waals surface area contributed by atoms with Crippen LogP contribution in [0.1, 0.15) is 36.2 Å². The Hall–Kier alpha value is -3.05. The predicted octanol–water partition coefficient (Wildman–Crippen LogP) is 3.34. The number of hydrogen-bond donors (Lipinski definition) is 4. The van der Waals surface area contributed by atoms with Crippen LogP contribution in [0.5, 0.6) is 0 Å². The Morgan fingerprint density at radius 3 is 2.74 bits per heavy atom. The summed E-state index contributed by atoms with van der Waals surface area (Å²) in [7, 11) is 1.76. The Morgan fingerprint density at radius 1 is 1.29 bits per heavy atom. The monoisotopic (exact) mass is 447 g/mol. The van der Waals surface area contributed by atoms with Gasteiger partial charge in [-0.15, -0.1) is 0 Å². The predicted molar refractivity (Wildman–Crippen MR) is 117 cm³/mol. The van der Waals surface area contributed by atoms with Gasteiger partial charge in [0.1, 0.15) is 33.1 Å². The molecule has 0 saturated heterocycles. The van der Waals surface area contributed by atoms with Crippen molar-refractivity contribution in [3.63, 3.8) is 0 Å². The molecule has 4 rings (SSSR count). The molecule has 0 spiro atoms. The van der Waals surface area contributed by atoms with Gasteiger partial charge in [-0.05, 0) is 37.8 Å². The van der Waals surface area contributed by atoms with Gasteiger partial charge in [-0.1, -0.05) is 17.4 Å². The lowest BCUT2D eigenvalue weighted by Crippen LogP contribution is -2.35. The standard InChI is InChI=1S/C20H23F2N7OS/c1-29-18(26-11-5-2-4-10(23)8-11)14(9-25-29)27-19(30)16-17(24)31-20(28-16)15-12(21)6-3-7-13(15)22/h3,6-7,9-11,26H,2,4-5,8,23-24H2,1H3,(H,27,30)/t10-,11+/m1/s1. The number of aromatic nitrogens is 3. The number of nitrogens with two attached hydrogens (primary N) is 2. The van der Waals surface area contributed by atoms with Crippen molar-refractivity contribution in [1.29, 1.82) is 0 Å². The number of carbonyl (C=O) groups excluding carboxylic acids is 1. The molecule has 1 fully saturated rings. The molecular weight excluding hydrogens is 424 g/mol. The minimum absolute atomic E-state index is 0.000946. The van der Waals surface area contributed by atoms with E-state index in [9.17, 15) is 13.6 Å². The van der Waals surface area contributed by atoms with Gasteiger partial charge < -0.3 is 22.1 Å². The van der Waals surface area contributed by atoms with Crippen LogP contribution >= 0.6 is 11.3 Å². The van der Waals surface area contributed by atoms with Crippen LogP contribution in [0.4, 0.5) is 25.3 Å². The summed E-state index contributed by atoms with van der Waals surface area (Å²) in [6.45, 7) is 0. The number of nitrogens with one attached hydrogen (secondary N) is 2. The van der Waals surface area contributed by atoms with Gasteiger partial charge >= 0.3 is 0 Å². The lowest BCUT2D eigenvalue weighted by atomic mass is 9.91. The second-order valence-electron chi connectivity index (χ2n) is 7.58. The molecule has 1 aliphatic carbocycles. The number of nitrogens with zero attached hydrogens (tertiary/aromatic N) is 3. The first kappa shape index (κ1) is 21.2. The van der Waals surface area contributed by atoms with Crippen LogP contribution in [-0.2, 0) is 7.05 Å². The molecule has 1 aromatic carbocycles. The van der Waals surface area contributed by atoms with Crippen LogP contribution in [0.2, 0.25) is 0 Å². The van der Waals surface area contributed by atoms with E-state index in [1.54, 1.807) is 11.7 Å². The van der Waals surface area contributed by atoms with Crippen LogP contribution < -0.4 is 22.1 Å². The molecule has 164 valence electrons. The van der Waals surface area contributed by atoms with Crippen molar-refractivity contribution in [1.82, 2.24) is 14.8 Å². The van der Waals surface area contributed by atoms with E-state index in [0.29, 0.717) is 11.5 Å². The summed E-state index contributed by atoms with van der Waals surface area (Å²) in [4.78, 5) is 16.9. The Balaban J connectivity index is 1.55. The highest BCUT2D eigenvalue weighted by atomic mass is 32.1. The quantitative estimate of drug-likeness (QED) is 0.476. The number of nitrogen functional groups attached to an aromatic ring is 1. The molecule has 2 aromatic heterocycles.